The third kappa shape index (κ3) is 3.88. The lowest BCUT2D eigenvalue weighted by molar-refractivity contribution is 0.0548. The average molecular weight is 449 g/mol. The summed E-state index contributed by atoms with van der Waals surface area (Å²) in [6.45, 7) is 0.961. The zero-order valence-electron chi connectivity index (χ0n) is 17.9. The third-order valence-electron chi connectivity index (χ3n) is 6.42. The third-order valence-corrected chi connectivity index (χ3v) is 8.36. The van der Waals surface area contributed by atoms with Crippen molar-refractivity contribution in [3.63, 3.8) is 0 Å². The van der Waals surface area contributed by atoms with Crippen molar-refractivity contribution in [3.05, 3.63) is 34.9 Å². The number of hydrogen-bond donors (Lipinski definition) is 0. The molecule has 4 rings (SSSR count). The average Bonchev–Trinajstić information content (AvgIpc) is 3.03. The topological polar surface area (TPSA) is 98.3 Å². The highest BCUT2D eigenvalue weighted by Gasteiger charge is 2.41. The lowest BCUT2D eigenvalue weighted by atomic mass is 9.94. The van der Waals surface area contributed by atoms with E-state index in [0.29, 0.717) is 11.1 Å². The van der Waals surface area contributed by atoms with Crippen molar-refractivity contribution < 1.29 is 22.8 Å². The van der Waals surface area contributed by atoms with Gasteiger partial charge in [-0.05, 0) is 31.0 Å². The monoisotopic (exact) mass is 448 g/mol. The molecule has 1 saturated heterocycles. The predicted molar refractivity (Wildman–Crippen MR) is 114 cm³/mol. The van der Waals surface area contributed by atoms with E-state index in [1.807, 2.05) is 0 Å². The van der Waals surface area contributed by atoms with Crippen LogP contribution in [0.1, 0.15) is 63.2 Å². The maximum Gasteiger partial charge on any atom is 0.281 e. The van der Waals surface area contributed by atoms with Crippen LogP contribution in [0.4, 0.5) is 0 Å². The number of piperazine rings is 1. The van der Waals surface area contributed by atoms with Gasteiger partial charge in [0.15, 0.2) is 0 Å². The number of hydrogen-bond acceptors (Lipinski definition) is 5. The molecule has 3 aliphatic rings. The highest BCUT2D eigenvalue weighted by atomic mass is 32.2. The fourth-order valence-corrected chi connectivity index (χ4v) is 5.69. The summed E-state index contributed by atoms with van der Waals surface area (Å²) in [5, 5.41) is 0. The van der Waals surface area contributed by atoms with E-state index in [1.54, 1.807) is 17.0 Å². The molecule has 1 saturated carbocycles. The second-order valence-corrected chi connectivity index (χ2v) is 10.7. The molecule has 1 aliphatic carbocycles. The van der Waals surface area contributed by atoms with E-state index in [2.05, 4.69) is 0 Å². The van der Waals surface area contributed by atoms with Crippen LogP contribution in [-0.2, 0) is 10.2 Å². The molecule has 1 aromatic rings. The van der Waals surface area contributed by atoms with Crippen LogP contribution in [0.25, 0.3) is 0 Å². The van der Waals surface area contributed by atoms with Crippen molar-refractivity contribution in [2.75, 3.05) is 40.3 Å². The fraction of sp³-hybridized carbons (Fsp3) is 0.571. The first kappa shape index (κ1) is 21.9. The highest BCUT2D eigenvalue weighted by Crippen LogP contribution is 2.31. The van der Waals surface area contributed by atoms with Gasteiger partial charge in [0.1, 0.15) is 0 Å². The molecule has 3 amide bonds. The Morgan fingerprint density at radius 1 is 0.935 bits per heavy atom. The Hall–Kier alpha value is -2.30. The van der Waals surface area contributed by atoms with Gasteiger partial charge in [0.05, 0.1) is 11.1 Å². The number of benzene rings is 1. The Kier molecular flexibility index (Phi) is 5.89. The summed E-state index contributed by atoms with van der Waals surface area (Å²) in [5.41, 5.74) is 0.985. The Bertz CT molecular complexity index is 1010. The molecular weight excluding hydrogens is 420 g/mol. The van der Waals surface area contributed by atoms with Gasteiger partial charge in [-0.3, -0.25) is 19.3 Å². The van der Waals surface area contributed by atoms with Gasteiger partial charge in [0.25, 0.3) is 27.9 Å². The van der Waals surface area contributed by atoms with Gasteiger partial charge >= 0.3 is 0 Å². The lowest BCUT2D eigenvalue weighted by Crippen LogP contribution is -2.53. The maximum atomic E-state index is 13.0. The molecule has 0 atom stereocenters. The molecule has 168 valence electrons. The standard InChI is InChI=1S/C21H28N4O5S/c1-22(2)31(29,30)24-12-10-23(11-13-24)19(26)15-8-9-17-18(14-15)21(28)25(20(17)27)16-6-4-3-5-7-16/h8-9,14,16H,3-7,10-13H2,1-2H3. The second-order valence-electron chi connectivity index (χ2n) is 8.51. The van der Waals surface area contributed by atoms with Crippen LogP contribution < -0.4 is 0 Å². The quantitative estimate of drug-likeness (QED) is 0.644. The number of carbonyl (C=O) groups is 3. The Balaban J connectivity index is 1.48. The van der Waals surface area contributed by atoms with Crippen molar-refractivity contribution in [2.45, 2.75) is 38.1 Å². The minimum Gasteiger partial charge on any atom is -0.336 e. The molecule has 2 fully saturated rings. The van der Waals surface area contributed by atoms with Gasteiger partial charge in [-0.25, -0.2) is 0 Å². The molecular formula is C21H28N4O5S. The van der Waals surface area contributed by atoms with Gasteiger partial charge in [-0.2, -0.15) is 17.0 Å². The SMILES string of the molecule is CN(C)S(=O)(=O)N1CCN(C(=O)c2ccc3c(c2)C(=O)N(C2CCCCC2)C3=O)CC1. The van der Waals surface area contributed by atoms with Crippen LogP contribution in [-0.4, -0.2) is 90.9 Å². The summed E-state index contributed by atoms with van der Waals surface area (Å²) in [5.74, 6) is -0.849. The van der Waals surface area contributed by atoms with Crippen LogP contribution >= 0.6 is 0 Å². The summed E-state index contributed by atoms with van der Waals surface area (Å²) in [4.78, 5) is 41.8. The molecule has 2 heterocycles. The van der Waals surface area contributed by atoms with E-state index in [4.69, 9.17) is 0 Å². The summed E-state index contributed by atoms with van der Waals surface area (Å²) >= 11 is 0. The minimum atomic E-state index is -3.51. The van der Waals surface area contributed by atoms with Gasteiger partial charge < -0.3 is 4.90 Å². The first-order valence-corrected chi connectivity index (χ1v) is 12.1. The molecule has 31 heavy (non-hydrogen) atoms. The first-order valence-electron chi connectivity index (χ1n) is 10.7. The number of carbonyl (C=O) groups excluding carboxylic acids is 3. The Morgan fingerprint density at radius 2 is 1.55 bits per heavy atom. The molecule has 1 aromatic carbocycles. The molecule has 9 nitrogen and oxygen atoms in total. The number of fused-ring (bicyclic) bond motifs is 1. The number of imide groups is 1. The zero-order chi connectivity index (χ0) is 22.3. The predicted octanol–water partition coefficient (Wildman–Crippen LogP) is 1.18. The molecule has 0 bridgehead atoms. The molecule has 0 aromatic heterocycles. The lowest BCUT2D eigenvalue weighted by Gasteiger charge is -2.35. The van der Waals surface area contributed by atoms with E-state index in [-0.39, 0.29) is 55.5 Å². The van der Waals surface area contributed by atoms with E-state index < -0.39 is 10.2 Å². The van der Waals surface area contributed by atoms with Crippen molar-refractivity contribution in [3.8, 4) is 0 Å². The van der Waals surface area contributed by atoms with Crippen LogP contribution in [0.3, 0.4) is 0 Å². The molecule has 0 radical (unpaired) electrons. The Morgan fingerprint density at radius 3 is 2.16 bits per heavy atom. The number of rotatable bonds is 4. The van der Waals surface area contributed by atoms with Gasteiger partial charge in [-0.1, -0.05) is 19.3 Å². The van der Waals surface area contributed by atoms with Crippen LogP contribution in [0.15, 0.2) is 18.2 Å². The van der Waals surface area contributed by atoms with Crippen molar-refractivity contribution in [1.82, 2.24) is 18.4 Å². The fourth-order valence-electron chi connectivity index (χ4n) is 4.60. The first-order chi connectivity index (χ1) is 14.7. The van der Waals surface area contributed by atoms with Crippen LogP contribution in [0.5, 0.6) is 0 Å². The molecule has 0 spiro atoms. The van der Waals surface area contributed by atoms with Crippen molar-refractivity contribution >= 4 is 27.9 Å². The summed E-state index contributed by atoms with van der Waals surface area (Å²) in [7, 11) is -0.554. The van der Waals surface area contributed by atoms with Crippen LogP contribution in [0.2, 0.25) is 0 Å². The van der Waals surface area contributed by atoms with E-state index >= 15 is 0 Å². The van der Waals surface area contributed by atoms with E-state index in [0.717, 1.165) is 36.4 Å². The Labute approximate surface area is 182 Å². The minimum absolute atomic E-state index is 0.0629. The maximum absolute atomic E-state index is 13.0. The van der Waals surface area contributed by atoms with Crippen LogP contribution in [0, 0.1) is 0 Å². The smallest absolute Gasteiger partial charge is 0.281 e. The van der Waals surface area contributed by atoms with Crippen molar-refractivity contribution in [2.24, 2.45) is 0 Å². The zero-order valence-corrected chi connectivity index (χ0v) is 18.7. The van der Waals surface area contributed by atoms with Crippen molar-refractivity contribution in [1.29, 1.82) is 0 Å². The highest BCUT2D eigenvalue weighted by molar-refractivity contribution is 7.86. The molecule has 2 aliphatic heterocycles. The van der Waals surface area contributed by atoms with E-state index in [1.165, 1.54) is 29.4 Å². The normalized spacial score (nSPS) is 21.1. The molecule has 10 heteroatoms. The van der Waals surface area contributed by atoms with Gasteiger partial charge in [-0.15, -0.1) is 0 Å². The largest absolute Gasteiger partial charge is 0.336 e. The van der Waals surface area contributed by atoms with Gasteiger partial charge in [0.2, 0.25) is 0 Å². The van der Waals surface area contributed by atoms with Gasteiger partial charge in [0, 0.05) is 51.9 Å². The molecule has 0 unspecified atom stereocenters. The van der Waals surface area contributed by atoms with E-state index in [9.17, 15) is 22.8 Å². The summed E-state index contributed by atoms with van der Waals surface area (Å²) in [6.07, 6.45) is 4.81. The molecule has 0 N–H and O–H groups in total. The number of nitrogens with zero attached hydrogens (tertiary/aromatic N) is 4. The number of amides is 3. The summed E-state index contributed by atoms with van der Waals surface area (Å²) < 4.78 is 27.0. The second kappa shape index (κ2) is 8.33. The summed E-state index contributed by atoms with van der Waals surface area (Å²) in [6, 6.07) is 4.61.